The number of nitrogens with one attached hydrogen (secondary N) is 4. The highest BCUT2D eigenvalue weighted by Crippen LogP contribution is 2.16. The van der Waals surface area contributed by atoms with Gasteiger partial charge in [0.15, 0.2) is 0 Å². The zero-order valence-corrected chi connectivity index (χ0v) is 28.9. The normalized spacial score (nSPS) is 12.3. The van der Waals surface area contributed by atoms with E-state index in [1.54, 1.807) is 51.2 Å². The van der Waals surface area contributed by atoms with Crippen molar-refractivity contribution in [1.29, 1.82) is 0 Å². The molecule has 0 aliphatic carbocycles. The number of aromatic nitrogens is 3. The number of ether oxygens (including phenoxy) is 3. The molecule has 47 heavy (non-hydrogen) atoms. The highest BCUT2D eigenvalue weighted by atomic mass is 28.3. The number of alkyl carbamates (subject to hydrolysis) is 1. The molecule has 6 N–H and O–H groups in total. The molecule has 2 aromatic heterocycles. The van der Waals surface area contributed by atoms with Gasteiger partial charge in [-0.2, -0.15) is 4.98 Å². The van der Waals surface area contributed by atoms with Crippen molar-refractivity contribution in [1.82, 2.24) is 25.6 Å². The van der Waals surface area contributed by atoms with Crippen LogP contribution in [0.5, 0.6) is 0 Å². The summed E-state index contributed by atoms with van der Waals surface area (Å²) < 4.78 is 15.8. The van der Waals surface area contributed by atoms with Crippen molar-refractivity contribution in [3.8, 4) is 0 Å². The van der Waals surface area contributed by atoms with E-state index in [4.69, 9.17) is 19.9 Å². The molecule has 0 bridgehead atoms. The number of H-pyrrole nitrogens is 2. The van der Waals surface area contributed by atoms with E-state index in [1.165, 1.54) is 0 Å². The number of fused-ring (bicyclic) bond motifs is 1. The number of amides is 2. The third-order valence-corrected chi connectivity index (χ3v) is 8.60. The largest absolute Gasteiger partial charge is 0.464 e. The Morgan fingerprint density at radius 1 is 1.02 bits per heavy atom. The second-order valence-corrected chi connectivity index (χ2v) is 19.0. The maximum Gasteiger partial charge on any atom is 0.407 e. The van der Waals surface area contributed by atoms with Crippen LogP contribution in [0.3, 0.4) is 0 Å². The number of anilines is 1. The summed E-state index contributed by atoms with van der Waals surface area (Å²) in [5.74, 6) is -1.68. The van der Waals surface area contributed by atoms with Crippen molar-refractivity contribution >= 4 is 49.0 Å². The van der Waals surface area contributed by atoms with Crippen molar-refractivity contribution in [2.24, 2.45) is 0 Å². The number of benzene rings is 1. The van der Waals surface area contributed by atoms with Gasteiger partial charge in [-0.3, -0.25) is 19.4 Å². The minimum atomic E-state index is -1.47. The van der Waals surface area contributed by atoms with Gasteiger partial charge in [-0.05, 0) is 69.3 Å². The predicted molar refractivity (Wildman–Crippen MR) is 180 cm³/mol. The van der Waals surface area contributed by atoms with Crippen molar-refractivity contribution < 1.29 is 33.4 Å². The number of nitrogens with two attached hydrogens (primary N) is 1. The average Bonchev–Trinajstić information content (AvgIpc) is 3.38. The van der Waals surface area contributed by atoms with Gasteiger partial charge >= 0.3 is 18.0 Å². The zero-order chi connectivity index (χ0) is 34.8. The summed E-state index contributed by atoms with van der Waals surface area (Å²) in [6.07, 6.45) is 2.07. The summed E-state index contributed by atoms with van der Waals surface area (Å²) in [5.41, 5.74) is 7.13. The number of aryl methyl sites for hydroxylation is 2. The van der Waals surface area contributed by atoms with Crippen LogP contribution in [-0.2, 0) is 36.6 Å². The van der Waals surface area contributed by atoms with Crippen molar-refractivity contribution in [3.05, 3.63) is 57.5 Å². The minimum absolute atomic E-state index is 0.0296. The molecule has 256 valence electrons. The van der Waals surface area contributed by atoms with Crippen LogP contribution in [0.1, 0.15) is 55.1 Å². The lowest BCUT2D eigenvalue weighted by Gasteiger charge is -2.20. The second kappa shape index (κ2) is 16.2. The lowest BCUT2D eigenvalue weighted by Crippen LogP contribution is -2.42. The van der Waals surface area contributed by atoms with Gasteiger partial charge in [0.2, 0.25) is 5.95 Å². The van der Waals surface area contributed by atoms with Gasteiger partial charge in [-0.1, -0.05) is 31.8 Å². The first-order valence-corrected chi connectivity index (χ1v) is 19.3. The van der Waals surface area contributed by atoms with E-state index in [1.807, 2.05) is 0 Å². The molecule has 0 saturated carbocycles. The molecular formula is C32H46N6O8Si. The Bertz CT molecular complexity index is 1600. The number of esters is 2. The molecule has 1 aromatic carbocycles. The van der Waals surface area contributed by atoms with Crippen molar-refractivity contribution in [2.45, 2.75) is 83.8 Å². The smallest absolute Gasteiger partial charge is 0.407 e. The highest BCUT2D eigenvalue weighted by molar-refractivity contribution is 6.76. The number of nitrogens with zero attached hydrogens (tertiary/aromatic N) is 1. The van der Waals surface area contributed by atoms with E-state index >= 15 is 0 Å². The van der Waals surface area contributed by atoms with Gasteiger partial charge in [-0.15, -0.1) is 0 Å². The van der Waals surface area contributed by atoms with Gasteiger partial charge in [0.25, 0.3) is 11.5 Å². The number of nitrogen functional groups attached to an aromatic ring is 1. The van der Waals surface area contributed by atoms with Crippen LogP contribution in [0.15, 0.2) is 35.3 Å². The predicted octanol–water partition coefficient (Wildman–Crippen LogP) is 3.45. The van der Waals surface area contributed by atoms with Gasteiger partial charge in [0.05, 0.1) is 18.5 Å². The van der Waals surface area contributed by atoms with Crippen LogP contribution in [0.2, 0.25) is 25.7 Å². The number of hydrogen-bond acceptors (Lipinski definition) is 10. The molecule has 0 aliphatic heterocycles. The molecule has 0 fully saturated rings. The summed E-state index contributed by atoms with van der Waals surface area (Å²) >= 11 is 0. The molecule has 2 amide bonds. The fraction of sp³-hybridized carbons (Fsp3) is 0.500. The highest BCUT2D eigenvalue weighted by Gasteiger charge is 2.25. The quantitative estimate of drug-likeness (QED) is 0.0689. The Hall–Kier alpha value is -4.66. The molecule has 1 atom stereocenters. The van der Waals surface area contributed by atoms with Crippen molar-refractivity contribution in [3.63, 3.8) is 0 Å². The molecule has 2 heterocycles. The first-order valence-electron chi connectivity index (χ1n) is 15.6. The molecule has 0 radical (unpaired) electrons. The molecule has 3 rings (SSSR count). The Balaban J connectivity index is 1.56. The summed E-state index contributed by atoms with van der Waals surface area (Å²) in [6, 6.07) is 6.58. The summed E-state index contributed by atoms with van der Waals surface area (Å²) in [5, 5.41) is 5.66. The minimum Gasteiger partial charge on any atom is -0.464 e. The third-order valence-electron chi connectivity index (χ3n) is 6.90. The molecule has 0 saturated heterocycles. The van der Waals surface area contributed by atoms with Gasteiger partial charge < -0.3 is 35.6 Å². The monoisotopic (exact) mass is 670 g/mol. The zero-order valence-electron chi connectivity index (χ0n) is 27.9. The first-order chi connectivity index (χ1) is 22.0. The van der Waals surface area contributed by atoms with Crippen LogP contribution < -0.4 is 21.9 Å². The summed E-state index contributed by atoms with van der Waals surface area (Å²) in [7, 11) is -1.47. The van der Waals surface area contributed by atoms with Crippen LogP contribution >= 0.6 is 0 Å². The van der Waals surface area contributed by atoms with Gasteiger partial charge in [-0.25, -0.2) is 9.59 Å². The lowest BCUT2D eigenvalue weighted by atomic mass is 10.0. The van der Waals surface area contributed by atoms with E-state index in [0.29, 0.717) is 29.4 Å². The van der Waals surface area contributed by atoms with Gasteiger partial charge in [0.1, 0.15) is 23.9 Å². The Kier molecular flexibility index (Phi) is 12.7. The SMILES string of the molecule is CC(C)(C)OC(=O)NCCOC(=O)CC[C@@H](NC(=O)c1ccc(CCc2c[nH]c3nc(N)[nH]c(=O)c23)cc1)C(=O)OCC[Si](C)(C)C. The first kappa shape index (κ1) is 36.8. The Morgan fingerprint density at radius 3 is 2.38 bits per heavy atom. The summed E-state index contributed by atoms with van der Waals surface area (Å²) in [4.78, 5) is 72.2. The third kappa shape index (κ3) is 12.6. The van der Waals surface area contributed by atoms with E-state index in [2.05, 4.69) is 45.2 Å². The molecular weight excluding hydrogens is 624 g/mol. The number of aromatic amines is 2. The van der Waals surface area contributed by atoms with Crippen molar-refractivity contribution in [2.75, 3.05) is 25.5 Å². The van der Waals surface area contributed by atoms with Crippen LogP contribution in [-0.4, -0.2) is 78.4 Å². The molecule has 14 nitrogen and oxygen atoms in total. The van der Waals surface area contributed by atoms with E-state index in [0.717, 1.165) is 17.2 Å². The molecule has 0 spiro atoms. The number of hydrogen-bond donors (Lipinski definition) is 5. The summed E-state index contributed by atoms with van der Waals surface area (Å²) in [6.45, 7) is 11.9. The Labute approximate surface area is 274 Å². The maximum atomic E-state index is 13.1. The Morgan fingerprint density at radius 2 is 1.72 bits per heavy atom. The lowest BCUT2D eigenvalue weighted by molar-refractivity contribution is -0.147. The molecule has 0 unspecified atom stereocenters. The fourth-order valence-corrected chi connectivity index (χ4v) is 5.15. The van der Waals surface area contributed by atoms with E-state index in [9.17, 15) is 24.0 Å². The van der Waals surface area contributed by atoms with Crippen LogP contribution in [0.4, 0.5) is 10.7 Å². The van der Waals surface area contributed by atoms with Crippen LogP contribution in [0.25, 0.3) is 11.0 Å². The van der Waals surface area contributed by atoms with E-state index in [-0.39, 0.29) is 44.1 Å². The van der Waals surface area contributed by atoms with Crippen LogP contribution in [0, 0.1) is 0 Å². The molecule has 3 aromatic rings. The fourth-order valence-electron chi connectivity index (χ4n) is 4.44. The standard InChI is InChI=1S/C32H46N6O8Si/c1-32(2,3)46-31(43)34-15-16-44-24(39)14-13-23(29(42)45-17-18-47(4,5)6)36-27(40)21-10-7-20(8-11-21)9-12-22-19-35-26-25(22)28(41)38-30(33)37-26/h7-8,10-11,19,23H,9,12-18H2,1-6H3,(H,34,43)(H,36,40)(H4,33,35,37,38,41)/t23-/m1/s1. The topological polar surface area (TPSA) is 208 Å². The number of carbonyl (C=O) groups is 4. The molecule has 15 heteroatoms. The van der Waals surface area contributed by atoms with E-state index < -0.39 is 43.7 Å². The number of carbonyl (C=O) groups excluding carboxylic acids is 4. The van der Waals surface area contributed by atoms with Gasteiger partial charge in [0, 0.05) is 26.3 Å². The average molecular weight is 671 g/mol. The number of rotatable bonds is 15. The maximum absolute atomic E-state index is 13.1. The second-order valence-electron chi connectivity index (χ2n) is 13.4. The molecule has 0 aliphatic rings.